The number of carboxylic acid groups (broad SMARTS) is 1. The third-order valence-corrected chi connectivity index (χ3v) is 2.04. The lowest BCUT2D eigenvalue weighted by molar-refractivity contribution is -0.137. The van der Waals surface area contributed by atoms with Crippen LogP contribution in [0, 0.1) is 0 Å². The van der Waals surface area contributed by atoms with E-state index >= 15 is 0 Å². The summed E-state index contributed by atoms with van der Waals surface area (Å²) in [7, 11) is 0. The fourth-order valence-electron chi connectivity index (χ4n) is 0.678. The Labute approximate surface area is 67.2 Å². The second-order valence-electron chi connectivity index (χ2n) is 2.20. The Morgan fingerprint density at radius 1 is 1.82 bits per heavy atom. The van der Waals surface area contributed by atoms with Gasteiger partial charge in [0.05, 0.1) is 6.42 Å². The zero-order valence-electron chi connectivity index (χ0n) is 5.89. The molecule has 0 aliphatic carbocycles. The van der Waals surface area contributed by atoms with Crippen molar-refractivity contribution < 1.29 is 9.90 Å². The van der Waals surface area contributed by atoms with Crippen LogP contribution in [0.15, 0.2) is 0 Å². The van der Waals surface area contributed by atoms with Crippen LogP contribution < -0.4 is 0 Å². The second kappa shape index (κ2) is 3.38. The first-order valence-corrected chi connectivity index (χ1v) is 3.84. The van der Waals surface area contributed by atoms with Crippen LogP contribution in [0.4, 0.5) is 0 Å². The average molecular weight is 173 g/mol. The highest BCUT2D eigenvalue weighted by Crippen LogP contribution is 2.17. The molecule has 0 bridgehead atoms. The van der Waals surface area contributed by atoms with Gasteiger partial charge in [-0.3, -0.25) is 4.79 Å². The van der Waals surface area contributed by atoms with Gasteiger partial charge in [-0.05, 0) is 5.21 Å². The van der Waals surface area contributed by atoms with Crippen molar-refractivity contribution in [2.24, 2.45) is 0 Å². The first-order chi connectivity index (χ1) is 5.20. The third-order valence-electron chi connectivity index (χ3n) is 1.22. The van der Waals surface area contributed by atoms with Gasteiger partial charge in [-0.2, -0.15) is 0 Å². The van der Waals surface area contributed by atoms with E-state index in [9.17, 15) is 4.79 Å². The molecule has 0 saturated carbocycles. The van der Waals surface area contributed by atoms with Crippen molar-refractivity contribution in [3.8, 4) is 0 Å². The second-order valence-corrected chi connectivity index (χ2v) is 2.96. The quantitative estimate of drug-likeness (QED) is 0.720. The molecule has 0 spiro atoms. The molecule has 0 amide bonds. The zero-order chi connectivity index (χ0) is 8.27. The molecule has 11 heavy (non-hydrogen) atoms. The molecule has 5 nitrogen and oxygen atoms in total. The van der Waals surface area contributed by atoms with Crippen molar-refractivity contribution in [3.63, 3.8) is 0 Å². The first kappa shape index (κ1) is 8.06. The van der Waals surface area contributed by atoms with Crippen LogP contribution >= 0.6 is 11.5 Å². The summed E-state index contributed by atoms with van der Waals surface area (Å²) >= 11 is 1.14. The summed E-state index contributed by atoms with van der Waals surface area (Å²) in [5.41, 5.74) is 0. The van der Waals surface area contributed by atoms with Crippen LogP contribution in [0.1, 0.15) is 24.3 Å². The number of aliphatic carboxylic acids is 1. The van der Waals surface area contributed by atoms with E-state index < -0.39 is 5.97 Å². The number of rotatable bonds is 3. The summed E-state index contributed by atoms with van der Waals surface area (Å²) in [5, 5.41) is 16.1. The normalized spacial score (nSPS) is 12.8. The molecule has 0 aliphatic rings. The Hall–Kier alpha value is -1.04. The van der Waals surface area contributed by atoms with E-state index in [-0.39, 0.29) is 12.3 Å². The molecule has 1 atom stereocenters. The number of aromatic nitrogens is 3. The van der Waals surface area contributed by atoms with E-state index in [0.29, 0.717) is 5.01 Å². The van der Waals surface area contributed by atoms with Gasteiger partial charge in [0, 0.05) is 17.5 Å². The molecule has 0 saturated heterocycles. The number of hydrogen-bond acceptors (Lipinski definition) is 5. The topological polar surface area (TPSA) is 76.0 Å². The summed E-state index contributed by atoms with van der Waals surface area (Å²) in [5.74, 6) is -0.916. The molecular formula is C5H7N3O2S. The average Bonchev–Trinajstić information content (AvgIpc) is 2.35. The summed E-state index contributed by atoms with van der Waals surface area (Å²) in [6, 6.07) is 0. The highest BCUT2D eigenvalue weighted by Gasteiger charge is 2.13. The fourth-order valence-corrected chi connectivity index (χ4v) is 1.17. The van der Waals surface area contributed by atoms with Crippen LogP contribution in [0.5, 0.6) is 0 Å². The molecule has 0 aliphatic heterocycles. The molecule has 1 unspecified atom stereocenters. The maximum absolute atomic E-state index is 10.2. The van der Waals surface area contributed by atoms with Crippen molar-refractivity contribution in [3.05, 3.63) is 5.01 Å². The molecule has 1 rings (SSSR count). The highest BCUT2D eigenvalue weighted by molar-refractivity contribution is 7.05. The molecule has 1 heterocycles. The largest absolute Gasteiger partial charge is 0.481 e. The van der Waals surface area contributed by atoms with Gasteiger partial charge in [0.1, 0.15) is 5.01 Å². The summed E-state index contributed by atoms with van der Waals surface area (Å²) < 4.78 is 3.54. The minimum atomic E-state index is -0.826. The lowest BCUT2D eigenvalue weighted by atomic mass is 10.1. The fraction of sp³-hybridized carbons (Fsp3) is 0.600. The van der Waals surface area contributed by atoms with Gasteiger partial charge in [0.25, 0.3) is 0 Å². The Kier molecular flexibility index (Phi) is 2.48. The van der Waals surface area contributed by atoms with Gasteiger partial charge < -0.3 is 5.11 Å². The maximum Gasteiger partial charge on any atom is 0.304 e. The van der Waals surface area contributed by atoms with Gasteiger partial charge in [0.2, 0.25) is 0 Å². The predicted molar refractivity (Wildman–Crippen MR) is 38.4 cm³/mol. The minimum absolute atomic E-state index is 0.0802. The van der Waals surface area contributed by atoms with Crippen molar-refractivity contribution in [1.82, 2.24) is 14.8 Å². The van der Waals surface area contributed by atoms with Crippen LogP contribution in [0.25, 0.3) is 0 Å². The summed E-state index contributed by atoms with van der Waals surface area (Å²) in [6.07, 6.45) is 0.0802. The third kappa shape index (κ3) is 2.23. The van der Waals surface area contributed by atoms with Crippen molar-refractivity contribution in [2.75, 3.05) is 0 Å². The van der Waals surface area contributed by atoms with Gasteiger partial charge in [-0.1, -0.05) is 11.4 Å². The Morgan fingerprint density at radius 3 is 3.00 bits per heavy atom. The molecule has 1 aromatic rings. The lowest BCUT2D eigenvalue weighted by Crippen LogP contribution is -2.02. The molecule has 1 N–H and O–H groups in total. The monoisotopic (exact) mass is 173 g/mol. The molecule has 1 aromatic heterocycles. The lowest BCUT2D eigenvalue weighted by Gasteiger charge is -2.00. The van der Waals surface area contributed by atoms with Crippen molar-refractivity contribution in [2.45, 2.75) is 19.3 Å². The molecule has 0 fully saturated rings. The van der Waals surface area contributed by atoms with Gasteiger partial charge in [0.15, 0.2) is 0 Å². The molecule has 0 radical (unpaired) electrons. The van der Waals surface area contributed by atoms with Gasteiger partial charge in [-0.15, -0.1) is 5.10 Å². The molecule has 6 heteroatoms. The van der Waals surface area contributed by atoms with E-state index in [1.165, 1.54) is 0 Å². The van der Waals surface area contributed by atoms with Crippen LogP contribution in [0.2, 0.25) is 0 Å². The van der Waals surface area contributed by atoms with E-state index in [0.717, 1.165) is 11.5 Å². The van der Waals surface area contributed by atoms with Crippen molar-refractivity contribution in [1.29, 1.82) is 0 Å². The van der Waals surface area contributed by atoms with E-state index in [4.69, 9.17) is 5.11 Å². The molecule has 60 valence electrons. The van der Waals surface area contributed by atoms with E-state index in [1.54, 1.807) is 6.92 Å². The zero-order valence-corrected chi connectivity index (χ0v) is 6.71. The number of carbonyl (C=O) groups is 1. The summed E-state index contributed by atoms with van der Waals surface area (Å²) in [4.78, 5) is 10.2. The standard InChI is InChI=1S/C5H7N3O2S/c1-3(2-4(9)10)5-6-7-8-11-5/h3H,2H2,1H3,(H,9,10). The van der Waals surface area contributed by atoms with Crippen molar-refractivity contribution >= 4 is 17.5 Å². The number of carboxylic acids is 1. The molecular weight excluding hydrogens is 166 g/mol. The minimum Gasteiger partial charge on any atom is -0.481 e. The highest BCUT2D eigenvalue weighted by atomic mass is 32.1. The molecule has 0 aromatic carbocycles. The van der Waals surface area contributed by atoms with Crippen LogP contribution in [0.3, 0.4) is 0 Å². The first-order valence-electron chi connectivity index (χ1n) is 3.07. The number of nitrogens with zero attached hydrogens (tertiary/aromatic N) is 3. The summed E-state index contributed by atoms with van der Waals surface area (Å²) in [6.45, 7) is 1.79. The van der Waals surface area contributed by atoms with Crippen LogP contribution in [-0.4, -0.2) is 25.9 Å². The van der Waals surface area contributed by atoms with Gasteiger partial charge >= 0.3 is 5.97 Å². The number of hydrogen-bond donors (Lipinski definition) is 1. The van der Waals surface area contributed by atoms with Gasteiger partial charge in [-0.25, -0.2) is 0 Å². The Bertz CT molecular complexity index is 236. The Balaban J connectivity index is 2.56. The SMILES string of the molecule is CC(CC(=O)O)c1nnns1. The van der Waals surface area contributed by atoms with Crippen LogP contribution in [-0.2, 0) is 4.79 Å². The smallest absolute Gasteiger partial charge is 0.304 e. The van der Waals surface area contributed by atoms with E-state index in [2.05, 4.69) is 14.8 Å². The van der Waals surface area contributed by atoms with E-state index in [1.807, 2.05) is 0 Å². The maximum atomic E-state index is 10.2. The Morgan fingerprint density at radius 2 is 2.55 bits per heavy atom. The predicted octanol–water partition coefficient (Wildman–Crippen LogP) is 0.511.